The van der Waals surface area contributed by atoms with Crippen molar-refractivity contribution in [3.63, 3.8) is 0 Å². The van der Waals surface area contributed by atoms with Gasteiger partial charge in [-0.15, -0.1) is 0 Å². The van der Waals surface area contributed by atoms with Gasteiger partial charge in [0.25, 0.3) is 5.91 Å². The summed E-state index contributed by atoms with van der Waals surface area (Å²) in [5.74, 6) is -0.162. The van der Waals surface area contributed by atoms with Gasteiger partial charge in [0, 0.05) is 12.1 Å². The van der Waals surface area contributed by atoms with Crippen LogP contribution in [-0.2, 0) is 4.79 Å². The molecule has 3 nitrogen and oxygen atoms in total. The van der Waals surface area contributed by atoms with Crippen molar-refractivity contribution in [2.24, 2.45) is 4.99 Å². The summed E-state index contributed by atoms with van der Waals surface area (Å²) in [4.78, 5) is 14.4. The highest BCUT2D eigenvalue weighted by atomic mass is 16.2. The van der Waals surface area contributed by atoms with Gasteiger partial charge in [0.2, 0.25) is 0 Å². The number of nitrogens with zero attached hydrogens (tertiary/aromatic N) is 1. The Hall–Kier alpha value is -1.38. The highest BCUT2D eigenvalue weighted by molar-refractivity contribution is 5.97. The van der Waals surface area contributed by atoms with Gasteiger partial charge in [-0.1, -0.05) is 12.7 Å². The molecule has 0 atom stereocenters. The summed E-state index contributed by atoms with van der Waals surface area (Å²) in [5, 5.41) is 2.60. The summed E-state index contributed by atoms with van der Waals surface area (Å²) >= 11 is 0. The smallest absolute Gasteiger partial charge is 0.270 e. The van der Waals surface area contributed by atoms with Crippen molar-refractivity contribution in [3.8, 4) is 0 Å². The predicted molar refractivity (Wildman–Crippen MR) is 39.8 cm³/mol. The van der Waals surface area contributed by atoms with E-state index in [1.165, 1.54) is 0 Å². The Morgan fingerprint density at radius 3 is 2.80 bits per heavy atom. The maximum absolute atomic E-state index is 10.8. The van der Waals surface area contributed by atoms with E-state index in [1.54, 1.807) is 6.08 Å². The van der Waals surface area contributed by atoms with Crippen LogP contribution in [-0.4, -0.2) is 19.2 Å². The van der Waals surface area contributed by atoms with Crippen LogP contribution in [0.4, 0.5) is 0 Å². The van der Waals surface area contributed by atoms with Crippen LogP contribution in [0.3, 0.4) is 0 Å². The van der Waals surface area contributed by atoms with Gasteiger partial charge in [0.15, 0.2) is 0 Å². The van der Waals surface area contributed by atoms with Crippen LogP contribution in [0.2, 0.25) is 0 Å². The third-order valence-corrected chi connectivity index (χ3v) is 1.36. The molecule has 1 aliphatic heterocycles. The summed E-state index contributed by atoms with van der Waals surface area (Å²) in [6, 6.07) is 0. The summed E-state index contributed by atoms with van der Waals surface area (Å²) in [7, 11) is 0. The average molecular weight is 136 g/mol. The SMILES string of the molecule is C=CC1=C(N=C)C(=O)NC1. The minimum Gasteiger partial charge on any atom is -0.347 e. The molecule has 1 rings (SSSR count). The molecule has 52 valence electrons. The number of amides is 1. The third kappa shape index (κ3) is 0.857. The van der Waals surface area contributed by atoms with E-state index in [1.807, 2.05) is 0 Å². The number of aliphatic imine (C=N–C) groups is 1. The van der Waals surface area contributed by atoms with E-state index in [-0.39, 0.29) is 5.91 Å². The molecule has 0 radical (unpaired) electrons. The lowest BCUT2D eigenvalue weighted by molar-refractivity contribution is -0.116. The topological polar surface area (TPSA) is 41.5 Å². The molecular formula is C7H8N2O. The van der Waals surface area contributed by atoms with E-state index in [0.717, 1.165) is 5.57 Å². The fourth-order valence-corrected chi connectivity index (χ4v) is 0.831. The molecule has 0 aliphatic carbocycles. The Labute approximate surface area is 59.2 Å². The minimum absolute atomic E-state index is 0.162. The fourth-order valence-electron chi connectivity index (χ4n) is 0.831. The maximum atomic E-state index is 10.8. The number of rotatable bonds is 2. The quantitative estimate of drug-likeness (QED) is 0.543. The van der Waals surface area contributed by atoms with E-state index in [4.69, 9.17) is 0 Å². The van der Waals surface area contributed by atoms with E-state index in [2.05, 4.69) is 23.6 Å². The molecule has 0 unspecified atom stereocenters. The van der Waals surface area contributed by atoms with Crippen molar-refractivity contribution in [1.82, 2.24) is 5.32 Å². The van der Waals surface area contributed by atoms with Gasteiger partial charge in [0.1, 0.15) is 5.70 Å². The molecule has 0 aromatic rings. The summed E-state index contributed by atoms with van der Waals surface area (Å²) in [6.45, 7) is 7.34. The van der Waals surface area contributed by atoms with Crippen molar-refractivity contribution in [2.45, 2.75) is 0 Å². The largest absolute Gasteiger partial charge is 0.347 e. The molecule has 1 N–H and O–H groups in total. The lowest BCUT2D eigenvalue weighted by Gasteiger charge is -1.87. The maximum Gasteiger partial charge on any atom is 0.270 e. The Morgan fingerprint density at radius 2 is 2.40 bits per heavy atom. The highest BCUT2D eigenvalue weighted by Crippen LogP contribution is 2.11. The van der Waals surface area contributed by atoms with E-state index < -0.39 is 0 Å². The second-order valence-electron chi connectivity index (χ2n) is 1.92. The van der Waals surface area contributed by atoms with Crippen LogP contribution in [0, 0.1) is 0 Å². The Balaban J connectivity index is 3.02. The summed E-state index contributed by atoms with van der Waals surface area (Å²) in [6.07, 6.45) is 1.61. The van der Waals surface area contributed by atoms with Crippen LogP contribution >= 0.6 is 0 Å². The molecule has 0 saturated carbocycles. The van der Waals surface area contributed by atoms with Crippen LogP contribution in [0.15, 0.2) is 28.9 Å². The van der Waals surface area contributed by atoms with Crippen molar-refractivity contribution >= 4 is 12.6 Å². The zero-order valence-corrected chi connectivity index (χ0v) is 5.55. The first-order valence-electron chi connectivity index (χ1n) is 2.90. The van der Waals surface area contributed by atoms with Gasteiger partial charge < -0.3 is 5.32 Å². The fraction of sp³-hybridized carbons (Fsp3) is 0.143. The molecule has 0 aromatic heterocycles. The minimum atomic E-state index is -0.162. The first-order valence-corrected chi connectivity index (χ1v) is 2.90. The van der Waals surface area contributed by atoms with Crippen molar-refractivity contribution in [2.75, 3.05) is 6.54 Å². The molecule has 0 fully saturated rings. The van der Waals surface area contributed by atoms with Crippen LogP contribution < -0.4 is 5.32 Å². The third-order valence-electron chi connectivity index (χ3n) is 1.36. The number of nitrogens with one attached hydrogen (secondary N) is 1. The van der Waals surface area contributed by atoms with Crippen molar-refractivity contribution < 1.29 is 4.79 Å². The summed E-state index contributed by atoms with van der Waals surface area (Å²) < 4.78 is 0. The molecule has 10 heavy (non-hydrogen) atoms. The number of carbonyl (C=O) groups excluding carboxylic acids is 1. The van der Waals surface area contributed by atoms with Gasteiger partial charge in [-0.05, 0) is 6.72 Å². The first-order chi connectivity index (χ1) is 4.79. The Morgan fingerprint density at radius 1 is 1.70 bits per heavy atom. The van der Waals surface area contributed by atoms with E-state index in [0.29, 0.717) is 12.2 Å². The average Bonchev–Trinajstić information content (AvgIpc) is 2.30. The van der Waals surface area contributed by atoms with Gasteiger partial charge in [-0.2, -0.15) is 0 Å². The summed E-state index contributed by atoms with van der Waals surface area (Å²) in [5.41, 5.74) is 1.22. The molecule has 0 bridgehead atoms. The zero-order valence-electron chi connectivity index (χ0n) is 5.55. The molecule has 0 spiro atoms. The molecule has 0 aromatic carbocycles. The van der Waals surface area contributed by atoms with Gasteiger partial charge >= 0.3 is 0 Å². The second-order valence-corrected chi connectivity index (χ2v) is 1.92. The van der Waals surface area contributed by atoms with Crippen LogP contribution in [0.25, 0.3) is 0 Å². The number of carbonyl (C=O) groups is 1. The number of hydrogen-bond donors (Lipinski definition) is 1. The molecule has 1 amide bonds. The van der Waals surface area contributed by atoms with Crippen LogP contribution in [0.1, 0.15) is 0 Å². The van der Waals surface area contributed by atoms with Crippen LogP contribution in [0.5, 0.6) is 0 Å². The van der Waals surface area contributed by atoms with Crippen molar-refractivity contribution in [1.29, 1.82) is 0 Å². The lowest BCUT2D eigenvalue weighted by Crippen LogP contribution is -2.16. The van der Waals surface area contributed by atoms with Gasteiger partial charge in [-0.3, -0.25) is 9.79 Å². The van der Waals surface area contributed by atoms with Crippen molar-refractivity contribution in [3.05, 3.63) is 23.9 Å². The number of hydrogen-bond acceptors (Lipinski definition) is 2. The predicted octanol–water partition coefficient (Wildman–Crippen LogP) is 0.257. The first kappa shape index (κ1) is 6.74. The molecular weight excluding hydrogens is 128 g/mol. The normalized spacial score (nSPS) is 17.0. The Kier molecular flexibility index (Phi) is 1.67. The lowest BCUT2D eigenvalue weighted by atomic mass is 10.2. The van der Waals surface area contributed by atoms with Gasteiger partial charge in [0.05, 0.1) is 0 Å². The zero-order chi connectivity index (χ0) is 7.56. The monoisotopic (exact) mass is 136 g/mol. The molecule has 1 aliphatic rings. The van der Waals surface area contributed by atoms with E-state index >= 15 is 0 Å². The van der Waals surface area contributed by atoms with Gasteiger partial charge in [-0.25, -0.2) is 0 Å². The highest BCUT2D eigenvalue weighted by Gasteiger charge is 2.18. The Bertz CT molecular complexity index is 228. The standard InChI is InChI=1S/C7H8N2O/c1-3-5-4-9-7(10)6(5)8-2/h3H,1-2,4H2,(H,9,10). The molecule has 0 saturated heterocycles. The molecule has 3 heteroatoms. The molecule has 1 heterocycles. The van der Waals surface area contributed by atoms with E-state index in [9.17, 15) is 4.79 Å². The second kappa shape index (κ2) is 2.47.